The van der Waals surface area contributed by atoms with Gasteiger partial charge in [-0.05, 0) is 49.0 Å². The Morgan fingerprint density at radius 2 is 1.95 bits per heavy atom. The fourth-order valence-electron chi connectivity index (χ4n) is 4.10. The number of hydrogen-bond donors (Lipinski definition) is 1. The molecule has 3 atom stereocenters. The van der Waals surface area contributed by atoms with Crippen molar-refractivity contribution in [2.24, 2.45) is 16.7 Å². The van der Waals surface area contributed by atoms with Crippen LogP contribution in [0.15, 0.2) is 0 Å². The van der Waals surface area contributed by atoms with Gasteiger partial charge in [-0.15, -0.1) is 0 Å². The SMILES string of the molecule is COCCNCCCOC1CC2CCC1(C)C2(C)C. The summed E-state index contributed by atoms with van der Waals surface area (Å²) in [5.74, 6) is 0.877. The van der Waals surface area contributed by atoms with Crippen LogP contribution in [0.2, 0.25) is 0 Å². The number of ether oxygens (including phenoxy) is 2. The summed E-state index contributed by atoms with van der Waals surface area (Å²) in [5, 5.41) is 3.37. The molecule has 0 aromatic heterocycles. The maximum absolute atomic E-state index is 6.21. The number of nitrogens with one attached hydrogen (secondary N) is 1. The van der Waals surface area contributed by atoms with Gasteiger partial charge in [0, 0.05) is 20.3 Å². The summed E-state index contributed by atoms with van der Waals surface area (Å²) in [6.07, 6.45) is 5.62. The van der Waals surface area contributed by atoms with Crippen LogP contribution in [0, 0.1) is 16.7 Å². The van der Waals surface area contributed by atoms with Gasteiger partial charge in [-0.3, -0.25) is 0 Å². The number of hydrogen-bond acceptors (Lipinski definition) is 3. The fraction of sp³-hybridized carbons (Fsp3) is 1.00. The average Bonchev–Trinajstić information content (AvgIpc) is 2.70. The second kappa shape index (κ2) is 6.11. The molecule has 3 heteroatoms. The first-order valence-corrected chi connectivity index (χ1v) is 7.83. The van der Waals surface area contributed by atoms with Crippen LogP contribution in [0.1, 0.15) is 46.5 Å². The molecule has 0 heterocycles. The Kier molecular flexibility index (Phi) is 4.91. The maximum atomic E-state index is 6.21. The van der Waals surface area contributed by atoms with Crippen LogP contribution in [0.25, 0.3) is 0 Å². The van der Waals surface area contributed by atoms with E-state index in [2.05, 4.69) is 26.1 Å². The summed E-state index contributed by atoms with van der Waals surface area (Å²) >= 11 is 0. The number of fused-ring (bicyclic) bond motifs is 2. The Hall–Kier alpha value is -0.120. The van der Waals surface area contributed by atoms with Crippen molar-refractivity contribution in [1.82, 2.24) is 5.32 Å². The van der Waals surface area contributed by atoms with Gasteiger partial charge in [0.15, 0.2) is 0 Å². The number of methoxy groups -OCH3 is 1. The molecule has 2 aliphatic carbocycles. The van der Waals surface area contributed by atoms with E-state index in [9.17, 15) is 0 Å². The normalized spacial score (nSPS) is 36.0. The van der Waals surface area contributed by atoms with Crippen molar-refractivity contribution < 1.29 is 9.47 Å². The van der Waals surface area contributed by atoms with E-state index in [0.717, 1.165) is 38.6 Å². The molecule has 3 unspecified atom stereocenters. The first kappa shape index (κ1) is 15.3. The maximum Gasteiger partial charge on any atom is 0.0636 e. The van der Waals surface area contributed by atoms with Crippen molar-refractivity contribution in [1.29, 1.82) is 0 Å². The molecule has 1 N–H and O–H groups in total. The van der Waals surface area contributed by atoms with Crippen molar-refractivity contribution in [2.45, 2.75) is 52.6 Å². The van der Waals surface area contributed by atoms with Gasteiger partial charge >= 0.3 is 0 Å². The molecule has 0 amide bonds. The number of rotatable bonds is 8. The Bertz CT molecular complexity index is 292. The molecule has 0 spiro atoms. The highest BCUT2D eigenvalue weighted by Gasteiger charge is 2.61. The molecular formula is C16H31NO2. The van der Waals surface area contributed by atoms with E-state index >= 15 is 0 Å². The Morgan fingerprint density at radius 1 is 1.16 bits per heavy atom. The van der Waals surface area contributed by atoms with E-state index in [1.807, 2.05) is 0 Å². The van der Waals surface area contributed by atoms with E-state index in [1.54, 1.807) is 7.11 Å². The van der Waals surface area contributed by atoms with Gasteiger partial charge in [-0.1, -0.05) is 20.8 Å². The van der Waals surface area contributed by atoms with Crippen LogP contribution in [-0.2, 0) is 9.47 Å². The van der Waals surface area contributed by atoms with Crippen molar-refractivity contribution in [3.63, 3.8) is 0 Å². The van der Waals surface area contributed by atoms with E-state index in [1.165, 1.54) is 19.3 Å². The summed E-state index contributed by atoms with van der Waals surface area (Å²) in [6.45, 7) is 11.0. The zero-order chi connectivity index (χ0) is 13.9. The molecule has 112 valence electrons. The molecule has 2 bridgehead atoms. The summed E-state index contributed by atoms with van der Waals surface area (Å²) < 4.78 is 11.2. The molecule has 0 aromatic rings. The Morgan fingerprint density at radius 3 is 2.53 bits per heavy atom. The minimum absolute atomic E-state index is 0.404. The zero-order valence-electron chi connectivity index (χ0n) is 13.1. The van der Waals surface area contributed by atoms with Crippen molar-refractivity contribution in [3.05, 3.63) is 0 Å². The van der Waals surface area contributed by atoms with Gasteiger partial charge in [0.25, 0.3) is 0 Å². The van der Waals surface area contributed by atoms with Crippen molar-refractivity contribution in [3.8, 4) is 0 Å². The molecule has 0 aromatic carbocycles. The topological polar surface area (TPSA) is 30.5 Å². The monoisotopic (exact) mass is 269 g/mol. The first-order valence-electron chi connectivity index (χ1n) is 7.83. The smallest absolute Gasteiger partial charge is 0.0636 e. The third-order valence-electron chi connectivity index (χ3n) is 6.01. The summed E-state index contributed by atoms with van der Waals surface area (Å²) in [5.41, 5.74) is 0.871. The molecular weight excluding hydrogens is 238 g/mol. The summed E-state index contributed by atoms with van der Waals surface area (Å²) in [4.78, 5) is 0. The van der Waals surface area contributed by atoms with Crippen LogP contribution < -0.4 is 5.32 Å². The predicted molar refractivity (Wildman–Crippen MR) is 78.3 cm³/mol. The van der Waals surface area contributed by atoms with Gasteiger partial charge in [0.05, 0.1) is 12.7 Å². The predicted octanol–water partition coefficient (Wildman–Crippen LogP) is 2.84. The fourth-order valence-corrected chi connectivity index (χ4v) is 4.10. The van der Waals surface area contributed by atoms with Crippen molar-refractivity contribution in [2.75, 3.05) is 33.4 Å². The van der Waals surface area contributed by atoms with Crippen LogP contribution in [0.4, 0.5) is 0 Å². The van der Waals surface area contributed by atoms with Crippen LogP contribution >= 0.6 is 0 Å². The Balaban J connectivity index is 1.65. The second-order valence-electron chi connectivity index (χ2n) is 7.07. The second-order valence-corrected chi connectivity index (χ2v) is 7.07. The van der Waals surface area contributed by atoms with Gasteiger partial charge in [0.2, 0.25) is 0 Å². The van der Waals surface area contributed by atoms with Gasteiger partial charge in [-0.25, -0.2) is 0 Å². The largest absolute Gasteiger partial charge is 0.383 e. The minimum atomic E-state index is 0.404. The van der Waals surface area contributed by atoms with E-state index < -0.39 is 0 Å². The molecule has 2 rings (SSSR count). The minimum Gasteiger partial charge on any atom is -0.383 e. The highest BCUT2D eigenvalue weighted by molar-refractivity contribution is 5.11. The quantitative estimate of drug-likeness (QED) is 0.687. The van der Waals surface area contributed by atoms with Crippen LogP contribution in [-0.4, -0.2) is 39.5 Å². The van der Waals surface area contributed by atoms with Gasteiger partial charge < -0.3 is 14.8 Å². The van der Waals surface area contributed by atoms with Gasteiger partial charge in [-0.2, -0.15) is 0 Å². The van der Waals surface area contributed by atoms with Crippen molar-refractivity contribution >= 4 is 0 Å². The third kappa shape index (κ3) is 2.84. The molecule has 2 saturated carbocycles. The first-order chi connectivity index (χ1) is 9.02. The molecule has 0 radical (unpaired) electrons. The van der Waals surface area contributed by atoms with E-state index in [0.29, 0.717) is 16.9 Å². The molecule has 2 aliphatic rings. The molecule has 3 nitrogen and oxygen atoms in total. The molecule has 2 fully saturated rings. The lowest BCUT2D eigenvalue weighted by Crippen LogP contribution is -2.37. The highest BCUT2D eigenvalue weighted by Crippen LogP contribution is 2.66. The average molecular weight is 269 g/mol. The zero-order valence-corrected chi connectivity index (χ0v) is 13.1. The van der Waals surface area contributed by atoms with Crippen LogP contribution in [0.3, 0.4) is 0 Å². The highest BCUT2D eigenvalue weighted by atomic mass is 16.5. The summed E-state index contributed by atoms with van der Waals surface area (Å²) in [7, 11) is 1.74. The third-order valence-corrected chi connectivity index (χ3v) is 6.01. The van der Waals surface area contributed by atoms with E-state index in [4.69, 9.17) is 9.47 Å². The standard InChI is InChI=1S/C16H31NO2/c1-15(2)13-6-7-16(15,3)14(12-13)19-10-5-8-17-9-11-18-4/h13-14,17H,5-12H2,1-4H3. The molecule has 0 saturated heterocycles. The Labute approximate surface area is 118 Å². The van der Waals surface area contributed by atoms with Gasteiger partial charge in [0.1, 0.15) is 0 Å². The molecule has 0 aliphatic heterocycles. The molecule has 19 heavy (non-hydrogen) atoms. The van der Waals surface area contributed by atoms with Crippen LogP contribution in [0.5, 0.6) is 0 Å². The lowest BCUT2D eigenvalue weighted by Gasteiger charge is -2.39. The lowest BCUT2D eigenvalue weighted by atomic mass is 9.70. The van der Waals surface area contributed by atoms with E-state index in [-0.39, 0.29) is 0 Å². The lowest BCUT2D eigenvalue weighted by molar-refractivity contribution is -0.0469. The summed E-state index contributed by atoms with van der Waals surface area (Å²) in [6, 6.07) is 0.